The molecule has 2 unspecified atom stereocenters. The summed E-state index contributed by atoms with van der Waals surface area (Å²) < 4.78 is 42.2. The van der Waals surface area contributed by atoms with Crippen LogP contribution in [0.2, 0.25) is 0 Å². The SMILES string of the molecule is CC(O)c1ccc2ccccc2c1OCC(O)C(F)(F)F. The number of fused-ring (bicyclic) bond motifs is 1. The van der Waals surface area contributed by atoms with E-state index in [2.05, 4.69) is 0 Å². The number of hydrogen-bond donors (Lipinski definition) is 2. The zero-order valence-electron chi connectivity index (χ0n) is 11.3. The average molecular weight is 300 g/mol. The largest absolute Gasteiger partial charge is 0.489 e. The Balaban J connectivity index is 2.38. The van der Waals surface area contributed by atoms with Crippen LogP contribution < -0.4 is 4.74 Å². The summed E-state index contributed by atoms with van der Waals surface area (Å²) in [5, 5.41) is 20.1. The van der Waals surface area contributed by atoms with Crippen molar-refractivity contribution in [1.29, 1.82) is 0 Å². The molecule has 0 aliphatic rings. The maximum atomic E-state index is 12.3. The molecule has 0 aromatic heterocycles. The maximum Gasteiger partial charge on any atom is 0.417 e. The predicted molar refractivity (Wildman–Crippen MR) is 72.1 cm³/mol. The van der Waals surface area contributed by atoms with Crippen LogP contribution in [0.3, 0.4) is 0 Å². The van der Waals surface area contributed by atoms with Gasteiger partial charge in [-0.15, -0.1) is 0 Å². The molecule has 0 radical (unpaired) electrons. The highest BCUT2D eigenvalue weighted by atomic mass is 19.4. The van der Waals surface area contributed by atoms with Gasteiger partial charge in [0.2, 0.25) is 0 Å². The molecule has 0 amide bonds. The van der Waals surface area contributed by atoms with Gasteiger partial charge in [-0.05, 0) is 12.3 Å². The molecule has 2 rings (SSSR count). The highest BCUT2D eigenvalue weighted by Gasteiger charge is 2.39. The Kier molecular flexibility index (Phi) is 4.39. The first kappa shape index (κ1) is 15.6. The lowest BCUT2D eigenvalue weighted by atomic mass is 10.0. The van der Waals surface area contributed by atoms with Gasteiger partial charge in [0.15, 0.2) is 6.10 Å². The van der Waals surface area contributed by atoms with Crippen LogP contribution in [-0.2, 0) is 0 Å². The fraction of sp³-hybridized carbons (Fsp3) is 0.333. The van der Waals surface area contributed by atoms with Crippen molar-refractivity contribution in [2.75, 3.05) is 6.61 Å². The summed E-state index contributed by atoms with van der Waals surface area (Å²) >= 11 is 0. The van der Waals surface area contributed by atoms with Crippen molar-refractivity contribution in [3.63, 3.8) is 0 Å². The molecule has 3 nitrogen and oxygen atoms in total. The first-order valence-electron chi connectivity index (χ1n) is 6.38. The van der Waals surface area contributed by atoms with Crippen molar-refractivity contribution in [2.45, 2.75) is 25.3 Å². The summed E-state index contributed by atoms with van der Waals surface area (Å²) in [5.41, 5.74) is 0.378. The van der Waals surface area contributed by atoms with Gasteiger partial charge in [-0.25, -0.2) is 0 Å². The number of benzene rings is 2. The minimum atomic E-state index is -4.74. The lowest BCUT2D eigenvalue weighted by Gasteiger charge is -2.19. The summed E-state index contributed by atoms with van der Waals surface area (Å²) in [6.07, 6.45) is -8.21. The highest BCUT2D eigenvalue weighted by Crippen LogP contribution is 2.34. The molecule has 21 heavy (non-hydrogen) atoms. The second kappa shape index (κ2) is 5.91. The molecule has 2 aromatic carbocycles. The molecular weight excluding hydrogens is 285 g/mol. The molecule has 0 saturated carbocycles. The van der Waals surface area contributed by atoms with Gasteiger partial charge >= 0.3 is 6.18 Å². The number of aliphatic hydroxyl groups excluding tert-OH is 2. The van der Waals surface area contributed by atoms with E-state index in [0.717, 1.165) is 5.39 Å². The monoisotopic (exact) mass is 300 g/mol. The summed E-state index contributed by atoms with van der Waals surface area (Å²) in [7, 11) is 0. The van der Waals surface area contributed by atoms with E-state index in [4.69, 9.17) is 9.84 Å². The van der Waals surface area contributed by atoms with Gasteiger partial charge in [0, 0.05) is 10.9 Å². The molecule has 2 atom stereocenters. The molecular formula is C15H15F3O3. The van der Waals surface area contributed by atoms with Crippen LogP contribution in [0.1, 0.15) is 18.6 Å². The number of aliphatic hydroxyl groups is 2. The molecule has 0 spiro atoms. The fourth-order valence-corrected chi connectivity index (χ4v) is 2.01. The van der Waals surface area contributed by atoms with E-state index in [-0.39, 0.29) is 5.75 Å². The van der Waals surface area contributed by atoms with Crippen LogP contribution in [0.15, 0.2) is 36.4 Å². The molecule has 2 N–H and O–H groups in total. The standard InChI is InChI=1S/C15H15F3O3/c1-9(19)11-7-6-10-4-2-3-5-12(10)14(11)21-8-13(20)15(16,17)18/h2-7,9,13,19-20H,8H2,1H3. The van der Waals surface area contributed by atoms with Crippen molar-refractivity contribution in [3.05, 3.63) is 42.0 Å². The molecule has 114 valence electrons. The van der Waals surface area contributed by atoms with Gasteiger partial charge < -0.3 is 14.9 Å². The predicted octanol–water partition coefficient (Wildman–Crippen LogP) is 3.20. The number of halogens is 3. The molecule has 0 aliphatic carbocycles. The number of ether oxygens (including phenoxy) is 1. The van der Waals surface area contributed by atoms with E-state index in [0.29, 0.717) is 10.9 Å². The Hall–Kier alpha value is -1.79. The Labute approximate surface area is 119 Å². The summed E-state index contributed by atoms with van der Waals surface area (Å²) in [5.74, 6) is 0.159. The quantitative estimate of drug-likeness (QED) is 0.911. The molecule has 6 heteroatoms. The van der Waals surface area contributed by atoms with E-state index < -0.39 is 25.0 Å². The molecule has 0 fully saturated rings. The zero-order valence-corrected chi connectivity index (χ0v) is 11.3. The highest BCUT2D eigenvalue weighted by molar-refractivity contribution is 5.89. The van der Waals surface area contributed by atoms with Crippen molar-refractivity contribution in [2.24, 2.45) is 0 Å². The maximum absolute atomic E-state index is 12.3. The lowest BCUT2D eigenvalue weighted by Crippen LogP contribution is -2.34. The van der Waals surface area contributed by atoms with Crippen LogP contribution in [-0.4, -0.2) is 29.1 Å². The van der Waals surface area contributed by atoms with Crippen molar-refractivity contribution < 1.29 is 28.1 Å². The zero-order chi connectivity index (χ0) is 15.6. The minimum Gasteiger partial charge on any atom is -0.489 e. The van der Waals surface area contributed by atoms with E-state index >= 15 is 0 Å². The topological polar surface area (TPSA) is 49.7 Å². The summed E-state index contributed by atoms with van der Waals surface area (Å²) in [6.45, 7) is 0.578. The van der Waals surface area contributed by atoms with Crippen LogP contribution in [0.5, 0.6) is 5.75 Å². The van der Waals surface area contributed by atoms with E-state index in [1.165, 1.54) is 6.92 Å². The Bertz CT molecular complexity index is 623. The van der Waals surface area contributed by atoms with Crippen LogP contribution in [0.4, 0.5) is 13.2 Å². The first-order chi connectivity index (χ1) is 9.80. The smallest absolute Gasteiger partial charge is 0.417 e. The van der Waals surface area contributed by atoms with Crippen molar-refractivity contribution in [1.82, 2.24) is 0 Å². The third kappa shape index (κ3) is 3.46. The number of alkyl halides is 3. The van der Waals surface area contributed by atoms with Crippen LogP contribution >= 0.6 is 0 Å². The summed E-state index contributed by atoms with van der Waals surface area (Å²) in [4.78, 5) is 0. The van der Waals surface area contributed by atoms with Gasteiger partial charge in [-0.3, -0.25) is 0 Å². The first-order valence-corrected chi connectivity index (χ1v) is 6.38. The van der Waals surface area contributed by atoms with E-state index in [1.54, 1.807) is 36.4 Å². The summed E-state index contributed by atoms with van der Waals surface area (Å²) in [6, 6.07) is 10.3. The lowest BCUT2D eigenvalue weighted by molar-refractivity contribution is -0.210. The van der Waals surface area contributed by atoms with Crippen LogP contribution in [0.25, 0.3) is 10.8 Å². The average Bonchev–Trinajstić information content (AvgIpc) is 2.42. The van der Waals surface area contributed by atoms with Crippen molar-refractivity contribution in [3.8, 4) is 5.75 Å². The molecule has 0 aliphatic heterocycles. The second-order valence-corrected chi connectivity index (χ2v) is 4.75. The Morgan fingerprint density at radius 2 is 1.76 bits per heavy atom. The van der Waals surface area contributed by atoms with Gasteiger partial charge in [-0.1, -0.05) is 36.4 Å². The fourth-order valence-electron chi connectivity index (χ4n) is 2.01. The van der Waals surface area contributed by atoms with Crippen molar-refractivity contribution >= 4 is 10.8 Å². The molecule has 0 saturated heterocycles. The number of rotatable bonds is 4. The third-order valence-corrected chi connectivity index (χ3v) is 3.12. The van der Waals surface area contributed by atoms with Gasteiger partial charge in [-0.2, -0.15) is 13.2 Å². The molecule has 0 bridgehead atoms. The van der Waals surface area contributed by atoms with Gasteiger partial charge in [0.25, 0.3) is 0 Å². The van der Waals surface area contributed by atoms with E-state index in [1.807, 2.05) is 0 Å². The van der Waals surface area contributed by atoms with Crippen LogP contribution in [0, 0.1) is 0 Å². The van der Waals surface area contributed by atoms with E-state index in [9.17, 15) is 18.3 Å². The van der Waals surface area contributed by atoms with Gasteiger partial charge in [0.05, 0.1) is 6.10 Å². The van der Waals surface area contributed by atoms with Gasteiger partial charge in [0.1, 0.15) is 12.4 Å². The minimum absolute atomic E-state index is 0.159. The Morgan fingerprint density at radius 1 is 1.10 bits per heavy atom. The Morgan fingerprint density at radius 3 is 2.38 bits per heavy atom. The molecule has 0 heterocycles. The normalized spacial score (nSPS) is 15.0. The number of hydrogen-bond acceptors (Lipinski definition) is 3. The second-order valence-electron chi connectivity index (χ2n) is 4.75. The molecule has 2 aromatic rings. The third-order valence-electron chi connectivity index (χ3n) is 3.12.